The summed E-state index contributed by atoms with van der Waals surface area (Å²) in [7, 11) is 0. The van der Waals surface area contributed by atoms with Crippen molar-refractivity contribution in [2.75, 3.05) is 0 Å². The van der Waals surface area contributed by atoms with Crippen molar-refractivity contribution < 1.29 is 27.5 Å². The molecule has 0 spiro atoms. The second kappa shape index (κ2) is 7.51. The number of alkyl halides is 3. The van der Waals surface area contributed by atoms with Crippen LogP contribution in [0.15, 0.2) is 85.1 Å². The molecule has 1 N–H and O–H groups in total. The molecule has 0 saturated carbocycles. The van der Waals surface area contributed by atoms with Gasteiger partial charge in [-0.2, -0.15) is 13.2 Å². The lowest BCUT2D eigenvalue weighted by molar-refractivity contribution is -0.222. The summed E-state index contributed by atoms with van der Waals surface area (Å²) in [5.74, 6) is -2.91. The van der Waals surface area contributed by atoms with Gasteiger partial charge >= 0.3 is 12.1 Å². The van der Waals surface area contributed by atoms with E-state index in [1.807, 2.05) is 6.07 Å². The maximum absolute atomic E-state index is 13.5. The fourth-order valence-corrected chi connectivity index (χ4v) is 4.28. The van der Waals surface area contributed by atoms with Gasteiger partial charge in [0.15, 0.2) is 0 Å². The zero-order valence-electron chi connectivity index (χ0n) is 17.1. The van der Waals surface area contributed by atoms with Gasteiger partial charge in [0.25, 0.3) is 5.91 Å². The number of aromatic amines is 1. The Balaban J connectivity index is 1.77. The summed E-state index contributed by atoms with van der Waals surface area (Å²) in [4.78, 5) is 29.9. The van der Waals surface area contributed by atoms with Gasteiger partial charge in [-0.25, -0.2) is 4.79 Å². The third-order valence-corrected chi connectivity index (χ3v) is 5.75. The first-order valence-electron chi connectivity index (χ1n) is 10.1. The van der Waals surface area contributed by atoms with Gasteiger partial charge in [0.05, 0.1) is 6.54 Å². The molecule has 1 aromatic heterocycles. The SMILES string of the molecule is O=C1c2ccccc2C(OC(=O)C(F)(F)F)(c2ccc3cc[nH]c3c2)N1Cc1ccccc1. The number of ether oxygens (including phenoxy) is 1. The summed E-state index contributed by atoms with van der Waals surface area (Å²) < 4.78 is 45.6. The summed E-state index contributed by atoms with van der Waals surface area (Å²) in [5.41, 5.74) is -0.220. The van der Waals surface area contributed by atoms with Crippen molar-refractivity contribution in [1.29, 1.82) is 0 Å². The highest BCUT2D eigenvalue weighted by Crippen LogP contribution is 2.47. The molecule has 0 radical (unpaired) electrons. The number of carbonyl (C=O) groups excluding carboxylic acids is 2. The third kappa shape index (κ3) is 3.34. The number of amides is 1. The quantitative estimate of drug-likeness (QED) is 0.439. The summed E-state index contributed by atoms with van der Waals surface area (Å²) in [6.45, 7) is -0.0672. The molecule has 1 aliphatic rings. The molecule has 1 amide bonds. The Bertz CT molecular complexity index is 1360. The number of nitrogens with one attached hydrogen (secondary N) is 1. The Hall–Kier alpha value is -4.07. The van der Waals surface area contributed by atoms with E-state index in [2.05, 4.69) is 4.98 Å². The number of fused-ring (bicyclic) bond motifs is 2. The fraction of sp³-hybridized carbons (Fsp3) is 0.120. The van der Waals surface area contributed by atoms with E-state index in [1.54, 1.807) is 66.9 Å². The molecule has 0 bridgehead atoms. The van der Waals surface area contributed by atoms with E-state index in [9.17, 15) is 22.8 Å². The topological polar surface area (TPSA) is 62.4 Å². The van der Waals surface area contributed by atoms with E-state index in [-0.39, 0.29) is 23.2 Å². The third-order valence-electron chi connectivity index (χ3n) is 5.75. The number of H-pyrrole nitrogens is 1. The summed E-state index contributed by atoms with van der Waals surface area (Å²) in [6.07, 6.45) is -3.55. The molecule has 33 heavy (non-hydrogen) atoms. The summed E-state index contributed by atoms with van der Waals surface area (Å²) in [6, 6.07) is 21.8. The number of benzene rings is 3. The Morgan fingerprint density at radius 3 is 2.45 bits per heavy atom. The minimum Gasteiger partial charge on any atom is -0.423 e. The summed E-state index contributed by atoms with van der Waals surface area (Å²) in [5, 5.41) is 0.822. The molecule has 3 aromatic carbocycles. The fourth-order valence-electron chi connectivity index (χ4n) is 4.28. The van der Waals surface area contributed by atoms with Gasteiger partial charge < -0.3 is 9.72 Å². The first-order chi connectivity index (χ1) is 15.8. The molecule has 5 nitrogen and oxygen atoms in total. The van der Waals surface area contributed by atoms with Crippen LogP contribution in [0.2, 0.25) is 0 Å². The van der Waals surface area contributed by atoms with E-state index < -0.39 is 23.8 Å². The maximum Gasteiger partial charge on any atom is 0.491 e. The molecule has 2 heterocycles. The van der Waals surface area contributed by atoms with E-state index in [0.717, 1.165) is 5.39 Å². The van der Waals surface area contributed by atoms with Crippen molar-refractivity contribution in [3.8, 4) is 0 Å². The monoisotopic (exact) mass is 450 g/mol. The number of esters is 1. The van der Waals surface area contributed by atoms with Crippen LogP contribution in [0.25, 0.3) is 10.9 Å². The largest absolute Gasteiger partial charge is 0.491 e. The maximum atomic E-state index is 13.5. The van der Waals surface area contributed by atoms with Crippen LogP contribution in [0.4, 0.5) is 13.2 Å². The minimum absolute atomic E-state index is 0.0672. The minimum atomic E-state index is -5.25. The van der Waals surface area contributed by atoms with Gasteiger partial charge in [0, 0.05) is 28.4 Å². The molecule has 8 heteroatoms. The average Bonchev–Trinajstić information content (AvgIpc) is 3.36. The van der Waals surface area contributed by atoms with Crippen LogP contribution >= 0.6 is 0 Å². The number of nitrogens with zero attached hydrogens (tertiary/aromatic N) is 1. The second-order valence-electron chi connectivity index (χ2n) is 7.73. The van der Waals surface area contributed by atoms with Gasteiger partial charge in [0.1, 0.15) is 0 Å². The molecule has 0 aliphatic carbocycles. The predicted molar refractivity (Wildman–Crippen MR) is 114 cm³/mol. The summed E-state index contributed by atoms with van der Waals surface area (Å²) >= 11 is 0. The van der Waals surface area contributed by atoms with Crippen molar-refractivity contribution in [1.82, 2.24) is 9.88 Å². The molecular formula is C25H17F3N2O3. The van der Waals surface area contributed by atoms with Gasteiger partial charge in [-0.1, -0.05) is 60.7 Å². The Morgan fingerprint density at radius 1 is 0.970 bits per heavy atom. The van der Waals surface area contributed by atoms with Crippen LogP contribution in [0.5, 0.6) is 0 Å². The van der Waals surface area contributed by atoms with E-state index >= 15 is 0 Å². The zero-order valence-corrected chi connectivity index (χ0v) is 17.1. The van der Waals surface area contributed by atoms with E-state index in [1.165, 1.54) is 17.0 Å². The predicted octanol–water partition coefficient (Wildman–Crippen LogP) is 5.13. The number of aromatic nitrogens is 1. The lowest BCUT2D eigenvalue weighted by Gasteiger charge is -2.39. The first-order valence-corrected chi connectivity index (χ1v) is 10.1. The molecular weight excluding hydrogens is 433 g/mol. The van der Waals surface area contributed by atoms with Crippen LogP contribution in [-0.4, -0.2) is 27.9 Å². The Morgan fingerprint density at radius 2 is 1.70 bits per heavy atom. The van der Waals surface area contributed by atoms with Gasteiger partial charge in [-0.3, -0.25) is 9.69 Å². The molecule has 4 aromatic rings. The van der Waals surface area contributed by atoms with E-state index in [0.29, 0.717) is 11.1 Å². The van der Waals surface area contributed by atoms with Crippen molar-refractivity contribution in [3.63, 3.8) is 0 Å². The lowest BCUT2D eigenvalue weighted by Crippen LogP contribution is -2.49. The molecule has 5 rings (SSSR count). The van der Waals surface area contributed by atoms with E-state index in [4.69, 9.17) is 4.74 Å². The number of carbonyl (C=O) groups is 2. The Kier molecular flexibility index (Phi) is 4.74. The van der Waals surface area contributed by atoms with Gasteiger partial charge in [-0.15, -0.1) is 0 Å². The van der Waals surface area contributed by atoms with Gasteiger partial charge in [0.2, 0.25) is 5.72 Å². The smallest absolute Gasteiger partial charge is 0.423 e. The molecule has 0 saturated heterocycles. The standard InChI is InChI=1S/C25H17F3N2O3/c26-25(27,28)23(32)33-24(18-11-10-17-12-13-29-21(17)14-18)20-9-5-4-8-19(20)22(31)30(24)15-16-6-2-1-3-7-16/h1-14,29H,15H2. The number of halogens is 3. The highest BCUT2D eigenvalue weighted by atomic mass is 19.4. The number of hydrogen-bond acceptors (Lipinski definition) is 3. The van der Waals surface area contributed by atoms with Crippen molar-refractivity contribution in [2.45, 2.75) is 18.4 Å². The second-order valence-corrected chi connectivity index (χ2v) is 7.73. The molecule has 1 aliphatic heterocycles. The van der Waals surface area contributed by atoms with Crippen molar-refractivity contribution in [2.24, 2.45) is 0 Å². The molecule has 0 fully saturated rings. The van der Waals surface area contributed by atoms with Crippen LogP contribution < -0.4 is 0 Å². The highest BCUT2D eigenvalue weighted by Gasteiger charge is 2.57. The normalized spacial score (nSPS) is 17.9. The average molecular weight is 450 g/mol. The molecule has 1 unspecified atom stereocenters. The van der Waals surface area contributed by atoms with Crippen molar-refractivity contribution in [3.05, 3.63) is 107 Å². The van der Waals surface area contributed by atoms with Crippen LogP contribution in [0.1, 0.15) is 27.0 Å². The first kappa shape index (κ1) is 20.8. The Labute approximate surface area is 186 Å². The van der Waals surface area contributed by atoms with Crippen LogP contribution in [0, 0.1) is 0 Å². The van der Waals surface area contributed by atoms with Crippen LogP contribution in [-0.2, 0) is 21.8 Å². The zero-order chi connectivity index (χ0) is 23.2. The lowest BCUT2D eigenvalue weighted by atomic mass is 9.92. The molecule has 1 atom stereocenters. The highest BCUT2D eigenvalue weighted by molar-refractivity contribution is 6.01. The van der Waals surface area contributed by atoms with Crippen LogP contribution in [0.3, 0.4) is 0 Å². The molecule has 166 valence electrons. The van der Waals surface area contributed by atoms with Gasteiger partial charge in [-0.05, 0) is 29.1 Å². The number of hydrogen-bond donors (Lipinski definition) is 1. The number of rotatable bonds is 4. The van der Waals surface area contributed by atoms with Crippen molar-refractivity contribution >= 4 is 22.8 Å².